The summed E-state index contributed by atoms with van der Waals surface area (Å²) in [4.78, 5) is 0. The van der Waals surface area contributed by atoms with Crippen LogP contribution in [0.3, 0.4) is 0 Å². The van der Waals surface area contributed by atoms with Crippen LogP contribution in [0.15, 0.2) is 72.8 Å². The first kappa shape index (κ1) is 14.5. The van der Waals surface area contributed by atoms with Crippen LogP contribution >= 0.6 is 11.3 Å². The molecule has 0 saturated heterocycles. The average Bonchev–Trinajstić information content (AvgIpc) is 2.98. The van der Waals surface area contributed by atoms with Crippen molar-refractivity contribution in [3.8, 4) is 0 Å². The molecule has 1 unspecified atom stereocenters. The van der Waals surface area contributed by atoms with Gasteiger partial charge in [-0.3, -0.25) is 0 Å². The van der Waals surface area contributed by atoms with Crippen LogP contribution in [-0.2, 0) is 6.42 Å². The summed E-state index contributed by atoms with van der Waals surface area (Å²) in [5.41, 5.74) is 2.89. The normalized spacial score (nSPS) is 12.7. The number of hydrogen-bond donors (Lipinski definition) is 0. The third kappa shape index (κ3) is 2.77. The molecule has 0 aliphatic carbocycles. The molecule has 1 atom stereocenters. The van der Waals surface area contributed by atoms with Crippen LogP contribution in [-0.4, -0.2) is 0 Å². The number of benzene rings is 3. The van der Waals surface area contributed by atoms with Crippen LogP contribution in [0.4, 0.5) is 0 Å². The summed E-state index contributed by atoms with van der Waals surface area (Å²) in [5, 5.41) is 2.78. The molecule has 23 heavy (non-hydrogen) atoms. The monoisotopic (exact) mass is 316 g/mol. The van der Waals surface area contributed by atoms with Gasteiger partial charge in [0.05, 0.1) is 0 Å². The first-order chi connectivity index (χ1) is 11.3. The predicted octanol–water partition coefficient (Wildman–Crippen LogP) is 6.79. The highest BCUT2D eigenvalue weighted by atomic mass is 32.1. The Balaban J connectivity index is 1.73. The van der Waals surface area contributed by atoms with Gasteiger partial charge in [0, 0.05) is 20.2 Å². The highest BCUT2D eigenvalue weighted by molar-refractivity contribution is 7.25. The maximum Gasteiger partial charge on any atom is 0.0358 e. The average molecular weight is 316 g/mol. The predicted molar refractivity (Wildman–Crippen MR) is 103 cm³/mol. The molecule has 0 fully saturated rings. The third-order valence-corrected chi connectivity index (χ3v) is 5.83. The van der Waals surface area contributed by atoms with E-state index in [-0.39, 0.29) is 0 Å². The number of rotatable bonds is 4. The van der Waals surface area contributed by atoms with E-state index in [0.717, 1.165) is 6.42 Å². The summed E-state index contributed by atoms with van der Waals surface area (Å²) in [6.45, 7) is 2.29. The minimum Gasteiger partial charge on any atom is -0.135 e. The van der Waals surface area contributed by atoms with Gasteiger partial charge in [0.25, 0.3) is 0 Å². The van der Waals surface area contributed by atoms with Crippen molar-refractivity contribution >= 4 is 31.5 Å². The molecule has 3 aromatic carbocycles. The first-order valence-corrected chi connectivity index (χ1v) is 9.12. The molecule has 0 amide bonds. The Morgan fingerprint density at radius 1 is 0.783 bits per heavy atom. The van der Waals surface area contributed by atoms with Crippen molar-refractivity contribution in [1.82, 2.24) is 0 Å². The summed E-state index contributed by atoms with van der Waals surface area (Å²) < 4.78 is 2.80. The van der Waals surface area contributed by atoms with Crippen LogP contribution in [0.1, 0.15) is 30.4 Å². The lowest BCUT2D eigenvalue weighted by Gasteiger charge is -2.15. The van der Waals surface area contributed by atoms with Crippen molar-refractivity contribution in [1.29, 1.82) is 0 Å². The smallest absolute Gasteiger partial charge is 0.0358 e. The minimum absolute atomic E-state index is 0.590. The fourth-order valence-electron chi connectivity index (χ4n) is 3.39. The van der Waals surface area contributed by atoms with Gasteiger partial charge in [0.2, 0.25) is 0 Å². The molecule has 1 heteroatoms. The van der Waals surface area contributed by atoms with Crippen LogP contribution < -0.4 is 0 Å². The third-order valence-electron chi connectivity index (χ3n) is 4.69. The zero-order valence-corrected chi connectivity index (χ0v) is 14.1. The lowest BCUT2D eigenvalue weighted by molar-refractivity contribution is 0.661. The fraction of sp³-hybridized carbons (Fsp3) is 0.182. The highest BCUT2D eigenvalue weighted by Gasteiger charge is 2.12. The summed E-state index contributed by atoms with van der Waals surface area (Å²) in [7, 11) is 0. The molecule has 0 aliphatic rings. The van der Waals surface area contributed by atoms with Gasteiger partial charge in [-0.1, -0.05) is 67.6 Å². The molecule has 0 aliphatic heterocycles. The topological polar surface area (TPSA) is 0 Å². The van der Waals surface area contributed by atoms with Gasteiger partial charge < -0.3 is 0 Å². The van der Waals surface area contributed by atoms with E-state index < -0.39 is 0 Å². The molecule has 0 saturated carbocycles. The maximum atomic E-state index is 2.41. The largest absolute Gasteiger partial charge is 0.135 e. The van der Waals surface area contributed by atoms with Crippen molar-refractivity contribution in [2.24, 2.45) is 0 Å². The standard InChI is InChI=1S/C22H20S/c1-2-17(14-16-8-4-3-5-9-16)18-12-13-20-19-10-6-7-11-21(19)23-22(20)15-18/h3-13,15,17H,2,14H2,1H3. The Morgan fingerprint density at radius 3 is 2.35 bits per heavy atom. The molecule has 1 aromatic heterocycles. The van der Waals surface area contributed by atoms with Crippen LogP contribution in [0.2, 0.25) is 0 Å². The number of hydrogen-bond acceptors (Lipinski definition) is 1. The van der Waals surface area contributed by atoms with Gasteiger partial charge in [0.1, 0.15) is 0 Å². The zero-order chi connectivity index (χ0) is 15.6. The lowest BCUT2D eigenvalue weighted by atomic mass is 9.89. The van der Waals surface area contributed by atoms with E-state index in [4.69, 9.17) is 0 Å². The summed E-state index contributed by atoms with van der Waals surface area (Å²) in [6.07, 6.45) is 2.29. The molecular weight excluding hydrogens is 296 g/mol. The Hall–Kier alpha value is -2.12. The quantitative estimate of drug-likeness (QED) is 0.389. The second kappa shape index (κ2) is 6.17. The van der Waals surface area contributed by atoms with Gasteiger partial charge in [-0.05, 0) is 42.0 Å². The van der Waals surface area contributed by atoms with E-state index in [1.807, 2.05) is 11.3 Å². The van der Waals surface area contributed by atoms with Crippen LogP contribution in [0, 0.1) is 0 Å². The Labute approximate surface area is 141 Å². The lowest BCUT2D eigenvalue weighted by Crippen LogP contribution is -2.01. The van der Waals surface area contributed by atoms with Crippen LogP contribution in [0.5, 0.6) is 0 Å². The van der Waals surface area contributed by atoms with Crippen LogP contribution in [0.25, 0.3) is 20.2 Å². The zero-order valence-electron chi connectivity index (χ0n) is 13.3. The van der Waals surface area contributed by atoms with Gasteiger partial charge >= 0.3 is 0 Å². The van der Waals surface area contributed by atoms with Crippen molar-refractivity contribution in [3.63, 3.8) is 0 Å². The SMILES string of the molecule is CCC(Cc1ccccc1)c1ccc2c(c1)sc1ccccc12. The first-order valence-electron chi connectivity index (χ1n) is 8.30. The maximum absolute atomic E-state index is 2.41. The van der Waals surface area contributed by atoms with Crippen molar-refractivity contribution in [3.05, 3.63) is 83.9 Å². The molecule has 0 nitrogen and oxygen atoms in total. The summed E-state index contributed by atoms with van der Waals surface area (Å²) >= 11 is 1.91. The van der Waals surface area contributed by atoms with Crippen molar-refractivity contribution in [2.45, 2.75) is 25.7 Å². The molecule has 4 aromatic rings. The van der Waals surface area contributed by atoms with E-state index in [0.29, 0.717) is 5.92 Å². The number of fused-ring (bicyclic) bond motifs is 3. The molecular formula is C22H20S. The summed E-state index contributed by atoms with van der Waals surface area (Å²) in [6, 6.07) is 26.6. The molecule has 0 radical (unpaired) electrons. The molecule has 0 bridgehead atoms. The molecule has 1 heterocycles. The Morgan fingerprint density at radius 2 is 1.52 bits per heavy atom. The van der Waals surface area contributed by atoms with E-state index in [1.165, 1.54) is 37.7 Å². The van der Waals surface area contributed by atoms with Gasteiger partial charge in [-0.25, -0.2) is 0 Å². The number of thiophene rings is 1. The second-order valence-corrected chi connectivity index (χ2v) is 7.23. The van der Waals surface area contributed by atoms with E-state index >= 15 is 0 Å². The van der Waals surface area contributed by atoms with E-state index in [9.17, 15) is 0 Å². The van der Waals surface area contributed by atoms with Gasteiger partial charge in [-0.2, -0.15) is 0 Å². The highest BCUT2D eigenvalue weighted by Crippen LogP contribution is 2.36. The molecule has 0 spiro atoms. The molecule has 114 valence electrons. The second-order valence-electron chi connectivity index (χ2n) is 6.15. The molecule has 0 N–H and O–H groups in total. The van der Waals surface area contributed by atoms with Crippen molar-refractivity contribution < 1.29 is 0 Å². The van der Waals surface area contributed by atoms with Gasteiger partial charge in [-0.15, -0.1) is 11.3 Å². The summed E-state index contributed by atoms with van der Waals surface area (Å²) in [5.74, 6) is 0.590. The van der Waals surface area contributed by atoms with E-state index in [1.54, 1.807) is 0 Å². The van der Waals surface area contributed by atoms with Crippen molar-refractivity contribution in [2.75, 3.05) is 0 Å². The van der Waals surface area contributed by atoms with E-state index in [2.05, 4.69) is 79.7 Å². The Bertz CT molecular complexity index is 934. The fourth-order valence-corrected chi connectivity index (χ4v) is 4.55. The minimum atomic E-state index is 0.590. The van der Waals surface area contributed by atoms with Gasteiger partial charge in [0.15, 0.2) is 0 Å². The Kier molecular flexibility index (Phi) is 3.88. The molecule has 4 rings (SSSR count).